The first kappa shape index (κ1) is 16.8. The van der Waals surface area contributed by atoms with Crippen molar-refractivity contribution < 1.29 is 4.79 Å². The summed E-state index contributed by atoms with van der Waals surface area (Å²) in [5.41, 5.74) is 1.81. The predicted octanol–water partition coefficient (Wildman–Crippen LogP) is 2.54. The zero-order valence-corrected chi connectivity index (χ0v) is 15.2. The van der Waals surface area contributed by atoms with E-state index in [1.807, 2.05) is 44.0 Å². The number of piperidine rings is 1. The Hall–Kier alpha value is -2.02. The van der Waals surface area contributed by atoms with Crippen molar-refractivity contribution in [3.8, 4) is 0 Å². The second kappa shape index (κ2) is 7.25. The van der Waals surface area contributed by atoms with E-state index in [9.17, 15) is 4.79 Å². The first-order chi connectivity index (χ1) is 11.6. The van der Waals surface area contributed by atoms with Crippen molar-refractivity contribution in [3.63, 3.8) is 0 Å². The van der Waals surface area contributed by atoms with E-state index >= 15 is 0 Å². The van der Waals surface area contributed by atoms with Crippen LogP contribution in [0.2, 0.25) is 0 Å². The van der Waals surface area contributed by atoms with Crippen LogP contribution in [-0.2, 0) is 6.42 Å². The number of carbonyl (C=O) groups is 1. The van der Waals surface area contributed by atoms with Crippen LogP contribution in [0.1, 0.15) is 40.8 Å². The monoisotopic (exact) mass is 345 g/mol. The van der Waals surface area contributed by atoms with E-state index in [1.165, 1.54) is 11.5 Å². The second-order valence-electron chi connectivity index (χ2n) is 6.20. The van der Waals surface area contributed by atoms with Crippen molar-refractivity contribution in [2.75, 3.05) is 25.0 Å². The molecule has 1 aliphatic heterocycles. The lowest BCUT2D eigenvalue weighted by Gasteiger charge is -2.38. The zero-order valence-electron chi connectivity index (χ0n) is 14.4. The van der Waals surface area contributed by atoms with Crippen LogP contribution in [-0.4, -0.2) is 51.6 Å². The lowest BCUT2D eigenvalue weighted by Crippen LogP contribution is -2.48. The lowest BCUT2D eigenvalue weighted by atomic mass is 10.0. The Balaban J connectivity index is 1.73. The molecule has 2 aromatic heterocycles. The van der Waals surface area contributed by atoms with Gasteiger partial charge in [0.15, 0.2) is 0 Å². The minimum atomic E-state index is 0.0332. The van der Waals surface area contributed by atoms with E-state index in [2.05, 4.69) is 19.5 Å². The Labute approximate surface area is 146 Å². The molecule has 1 fully saturated rings. The fraction of sp³-hybridized carbons (Fsp3) is 0.529. The van der Waals surface area contributed by atoms with Gasteiger partial charge in [-0.2, -0.15) is 0 Å². The number of nitrogens with zero attached hydrogens (tertiary/aromatic N) is 5. The molecule has 0 saturated carbocycles. The molecular weight excluding hydrogens is 322 g/mol. The van der Waals surface area contributed by atoms with E-state index in [1.54, 1.807) is 0 Å². The van der Waals surface area contributed by atoms with Crippen LogP contribution in [0.4, 0.5) is 5.82 Å². The molecule has 2 aromatic rings. The highest BCUT2D eigenvalue weighted by Gasteiger charge is 2.29. The lowest BCUT2D eigenvalue weighted by molar-refractivity contribution is 0.0721. The van der Waals surface area contributed by atoms with E-state index < -0.39 is 0 Å². The normalized spacial score (nSPS) is 17.8. The topological polar surface area (TPSA) is 62.2 Å². The summed E-state index contributed by atoms with van der Waals surface area (Å²) in [4.78, 5) is 22.2. The van der Waals surface area contributed by atoms with Gasteiger partial charge in [0.25, 0.3) is 5.91 Å². The fourth-order valence-corrected chi connectivity index (χ4v) is 3.85. The smallest absolute Gasteiger partial charge is 0.267 e. The minimum Gasteiger partial charge on any atom is -0.355 e. The first-order valence-electron chi connectivity index (χ1n) is 8.37. The van der Waals surface area contributed by atoms with Crippen LogP contribution < -0.4 is 4.90 Å². The van der Waals surface area contributed by atoms with Crippen LogP contribution in [0, 0.1) is 6.92 Å². The largest absolute Gasteiger partial charge is 0.355 e. The molecule has 3 heterocycles. The van der Waals surface area contributed by atoms with Crippen molar-refractivity contribution in [1.29, 1.82) is 0 Å². The molecule has 3 rings (SSSR count). The Morgan fingerprint density at radius 1 is 1.46 bits per heavy atom. The Morgan fingerprint density at radius 3 is 3.04 bits per heavy atom. The molecule has 6 nitrogen and oxygen atoms in total. The van der Waals surface area contributed by atoms with Gasteiger partial charge in [0.1, 0.15) is 10.7 Å². The summed E-state index contributed by atoms with van der Waals surface area (Å²) in [5, 5.41) is 4.06. The average Bonchev–Trinajstić information content (AvgIpc) is 3.09. The molecular formula is C17H23N5OS. The van der Waals surface area contributed by atoms with Crippen LogP contribution in [0.25, 0.3) is 0 Å². The van der Waals surface area contributed by atoms with Crippen molar-refractivity contribution in [2.24, 2.45) is 0 Å². The molecule has 0 bridgehead atoms. The Bertz CT molecular complexity index is 717. The van der Waals surface area contributed by atoms with E-state index in [0.29, 0.717) is 4.88 Å². The van der Waals surface area contributed by atoms with Gasteiger partial charge in [-0.15, -0.1) is 5.10 Å². The van der Waals surface area contributed by atoms with Gasteiger partial charge in [-0.05, 0) is 49.9 Å². The first-order valence-corrected chi connectivity index (χ1v) is 9.14. The van der Waals surface area contributed by atoms with Crippen molar-refractivity contribution in [3.05, 3.63) is 34.5 Å². The van der Waals surface area contributed by atoms with Gasteiger partial charge in [-0.1, -0.05) is 17.5 Å². The third-order valence-electron chi connectivity index (χ3n) is 4.55. The number of rotatable bonds is 4. The summed E-state index contributed by atoms with van der Waals surface area (Å²) in [6, 6.07) is 6.26. The number of aromatic nitrogens is 3. The van der Waals surface area contributed by atoms with Crippen LogP contribution in [0.15, 0.2) is 18.2 Å². The van der Waals surface area contributed by atoms with E-state index in [0.717, 1.165) is 49.6 Å². The Kier molecular flexibility index (Phi) is 5.08. The van der Waals surface area contributed by atoms with E-state index in [4.69, 9.17) is 0 Å². The van der Waals surface area contributed by atoms with Crippen molar-refractivity contribution in [1.82, 2.24) is 19.5 Å². The van der Waals surface area contributed by atoms with Crippen LogP contribution in [0.3, 0.4) is 0 Å². The SMILES string of the molecule is CCc1nnsc1C(=O)N(C)[C@H]1CCCN(c2cccc(C)n2)C1. The maximum absolute atomic E-state index is 12.8. The second-order valence-corrected chi connectivity index (χ2v) is 6.95. The maximum Gasteiger partial charge on any atom is 0.267 e. The van der Waals surface area contributed by atoms with Gasteiger partial charge < -0.3 is 9.80 Å². The molecule has 0 aromatic carbocycles. The van der Waals surface area contributed by atoms with Crippen LogP contribution >= 0.6 is 11.5 Å². The van der Waals surface area contributed by atoms with Gasteiger partial charge in [-0.3, -0.25) is 4.79 Å². The van der Waals surface area contributed by atoms with Gasteiger partial charge in [0, 0.05) is 31.9 Å². The van der Waals surface area contributed by atoms with Gasteiger partial charge in [0.05, 0.1) is 5.69 Å². The molecule has 1 atom stereocenters. The Morgan fingerprint density at radius 2 is 2.29 bits per heavy atom. The standard InChI is InChI=1S/C17H23N5OS/c1-4-14-16(24-20-19-14)17(23)21(3)13-8-6-10-22(11-13)15-9-5-7-12(2)18-15/h5,7,9,13H,4,6,8,10-11H2,1-3H3/t13-/m0/s1. The number of likely N-dealkylation sites (N-methyl/N-ethyl adjacent to an activating group) is 1. The number of carbonyl (C=O) groups excluding carboxylic acids is 1. The number of amides is 1. The van der Waals surface area contributed by atoms with Gasteiger partial charge in [-0.25, -0.2) is 4.98 Å². The average molecular weight is 345 g/mol. The molecule has 0 N–H and O–H groups in total. The van der Waals surface area contributed by atoms with E-state index in [-0.39, 0.29) is 11.9 Å². The highest BCUT2D eigenvalue weighted by Crippen LogP contribution is 2.23. The molecule has 0 aliphatic carbocycles. The molecule has 128 valence electrons. The third kappa shape index (κ3) is 3.40. The van der Waals surface area contributed by atoms with Crippen LogP contribution in [0.5, 0.6) is 0 Å². The predicted molar refractivity (Wildman–Crippen MR) is 95.6 cm³/mol. The number of pyridine rings is 1. The molecule has 0 radical (unpaired) electrons. The molecule has 24 heavy (non-hydrogen) atoms. The highest BCUT2D eigenvalue weighted by molar-refractivity contribution is 7.08. The molecule has 0 unspecified atom stereocenters. The highest BCUT2D eigenvalue weighted by atomic mass is 32.1. The zero-order chi connectivity index (χ0) is 17.1. The maximum atomic E-state index is 12.8. The van der Waals surface area contributed by atoms with Gasteiger partial charge >= 0.3 is 0 Å². The number of hydrogen-bond donors (Lipinski definition) is 0. The number of hydrogen-bond acceptors (Lipinski definition) is 6. The molecule has 7 heteroatoms. The van der Waals surface area contributed by atoms with Crippen molar-refractivity contribution in [2.45, 2.75) is 39.2 Å². The summed E-state index contributed by atoms with van der Waals surface area (Å²) in [7, 11) is 1.89. The summed E-state index contributed by atoms with van der Waals surface area (Å²) >= 11 is 1.20. The fourth-order valence-electron chi connectivity index (χ4n) is 3.11. The molecule has 1 aliphatic rings. The van der Waals surface area contributed by atoms with Gasteiger partial charge in [0.2, 0.25) is 0 Å². The quantitative estimate of drug-likeness (QED) is 0.852. The summed E-state index contributed by atoms with van der Waals surface area (Å²) in [6.45, 7) is 5.80. The summed E-state index contributed by atoms with van der Waals surface area (Å²) in [5.74, 6) is 1.03. The minimum absolute atomic E-state index is 0.0332. The third-order valence-corrected chi connectivity index (χ3v) is 5.30. The summed E-state index contributed by atoms with van der Waals surface area (Å²) < 4.78 is 3.94. The molecule has 1 amide bonds. The number of anilines is 1. The van der Waals surface area contributed by atoms with Crippen molar-refractivity contribution >= 4 is 23.3 Å². The number of aryl methyl sites for hydroxylation is 2. The molecule has 0 spiro atoms. The summed E-state index contributed by atoms with van der Waals surface area (Å²) in [6.07, 6.45) is 2.80. The molecule has 1 saturated heterocycles.